The maximum absolute atomic E-state index is 6.41. The standard InChI is InChI=1S/C30H18ClNOS/c31-26-11-6-10-23-24-17-20(13-15-27(24)33-30(23)26)32(19-7-2-1-3-8-19)21-14-16-29-25(18-21)22-9-4-5-12-28(22)34-29/h1-18H. The second-order valence-corrected chi connectivity index (χ2v) is 9.84. The third-order valence-electron chi connectivity index (χ3n) is 6.32. The zero-order chi connectivity index (χ0) is 22.6. The average Bonchev–Trinajstić information content (AvgIpc) is 3.44. The first-order valence-corrected chi connectivity index (χ1v) is 12.3. The van der Waals surface area contributed by atoms with Crippen LogP contribution in [0.25, 0.3) is 42.1 Å². The molecule has 0 saturated carbocycles. The van der Waals surface area contributed by atoms with Gasteiger partial charge in [-0.25, -0.2) is 0 Å². The van der Waals surface area contributed by atoms with Crippen LogP contribution in [-0.2, 0) is 0 Å². The van der Waals surface area contributed by atoms with Gasteiger partial charge in [-0.1, -0.05) is 60.1 Å². The van der Waals surface area contributed by atoms with Crippen LogP contribution < -0.4 is 4.90 Å². The van der Waals surface area contributed by atoms with E-state index in [1.807, 2.05) is 35.6 Å². The molecule has 4 heteroatoms. The highest BCUT2D eigenvalue weighted by Gasteiger charge is 2.17. The van der Waals surface area contributed by atoms with Gasteiger partial charge >= 0.3 is 0 Å². The van der Waals surface area contributed by atoms with Crippen LogP contribution in [0.4, 0.5) is 17.1 Å². The first-order valence-electron chi connectivity index (χ1n) is 11.1. The first-order chi connectivity index (χ1) is 16.8. The lowest BCUT2D eigenvalue weighted by atomic mass is 10.1. The zero-order valence-electron chi connectivity index (χ0n) is 18.0. The number of hydrogen-bond donors (Lipinski definition) is 0. The molecule has 0 amide bonds. The number of thiophene rings is 1. The molecule has 0 aliphatic heterocycles. The molecule has 2 heterocycles. The number of anilines is 3. The maximum Gasteiger partial charge on any atom is 0.153 e. The minimum Gasteiger partial charge on any atom is -0.454 e. The van der Waals surface area contributed by atoms with Gasteiger partial charge in [0.2, 0.25) is 0 Å². The molecule has 0 spiro atoms. The second kappa shape index (κ2) is 7.63. The summed E-state index contributed by atoms with van der Waals surface area (Å²) < 4.78 is 8.68. The lowest BCUT2D eigenvalue weighted by molar-refractivity contribution is 0.669. The molecule has 0 atom stereocenters. The van der Waals surface area contributed by atoms with E-state index < -0.39 is 0 Å². The van der Waals surface area contributed by atoms with E-state index in [0.29, 0.717) is 5.02 Å². The molecule has 2 aromatic heterocycles. The second-order valence-electron chi connectivity index (χ2n) is 8.35. The van der Waals surface area contributed by atoms with Crippen molar-refractivity contribution >= 4 is 82.1 Å². The van der Waals surface area contributed by atoms with Crippen molar-refractivity contribution in [3.8, 4) is 0 Å². The molecule has 0 saturated heterocycles. The number of hydrogen-bond acceptors (Lipinski definition) is 3. The number of furan rings is 1. The van der Waals surface area contributed by atoms with Crippen LogP contribution in [0.3, 0.4) is 0 Å². The van der Waals surface area contributed by atoms with Crippen molar-refractivity contribution < 1.29 is 4.42 Å². The molecule has 0 N–H and O–H groups in total. The summed E-state index contributed by atoms with van der Waals surface area (Å²) in [5.74, 6) is 0. The Bertz CT molecular complexity index is 1830. The van der Waals surface area contributed by atoms with Crippen LogP contribution in [0, 0.1) is 0 Å². The predicted molar refractivity (Wildman–Crippen MR) is 146 cm³/mol. The zero-order valence-corrected chi connectivity index (χ0v) is 19.6. The van der Waals surface area contributed by atoms with Crippen molar-refractivity contribution in [1.82, 2.24) is 0 Å². The largest absolute Gasteiger partial charge is 0.454 e. The Morgan fingerprint density at radius 1 is 0.559 bits per heavy atom. The van der Waals surface area contributed by atoms with Crippen LogP contribution in [0.5, 0.6) is 0 Å². The number of nitrogens with zero attached hydrogens (tertiary/aromatic N) is 1. The molecule has 2 nitrogen and oxygen atoms in total. The molecule has 0 fully saturated rings. The van der Waals surface area contributed by atoms with Gasteiger partial charge in [0.15, 0.2) is 5.58 Å². The summed E-state index contributed by atoms with van der Waals surface area (Å²) in [7, 11) is 0. The maximum atomic E-state index is 6.41. The van der Waals surface area contributed by atoms with Crippen LogP contribution in [0.1, 0.15) is 0 Å². The quantitative estimate of drug-likeness (QED) is 0.252. The van der Waals surface area contributed by atoms with Crippen molar-refractivity contribution in [2.45, 2.75) is 0 Å². The van der Waals surface area contributed by atoms with Gasteiger partial charge < -0.3 is 9.32 Å². The van der Waals surface area contributed by atoms with E-state index in [1.165, 1.54) is 20.2 Å². The highest BCUT2D eigenvalue weighted by atomic mass is 35.5. The van der Waals surface area contributed by atoms with E-state index in [-0.39, 0.29) is 0 Å². The molecule has 0 aliphatic rings. The van der Waals surface area contributed by atoms with Crippen LogP contribution >= 0.6 is 22.9 Å². The van der Waals surface area contributed by atoms with Gasteiger partial charge in [0.1, 0.15) is 5.58 Å². The van der Waals surface area contributed by atoms with E-state index >= 15 is 0 Å². The summed E-state index contributed by atoms with van der Waals surface area (Å²) in [6.45, 7) is 0. The molecular weight excluding hydrogens is 458 g/mol. The Hall–Kier alpha value is -3.79. The average molecular weight is 476 g/mol. The summed E-state index contributed by atoms with van der Waals surface area (Å²) in [6, 6.07) is 38.1. The summed E-state index contributed by atoms with van der Waals surface area (Å²) in [5, 5.41) is 5.28. The molecule has 0 aliphatic carbocycles. The fourth-order valence-electron chi connectivity index (χ4n) is 4.77. The van der Waals surface area contributed by atoms with Gasteiger partial charge in [0.25, 0.3) is 0 Å². The van der Waals surface area contributed by atoms with E-state index in [1.54, 1.807) is 0 Å². The van der Waals surface area contributed by atoms with Crippen LogP contribution in [-0.4, -0.2) is 0 Å². The molecule has 7 rings (SSSR count). The van der Waals surface area contributed by atoms with Gasteiger partial charge in [-0.05, 0) is 60.7 Å². The van der Waals surface area contributed by atoms with Gasteiger partial charge in [-0.3, -0.25) is 0 Å². The Balaban J connectivity index is 1.48. The predicted octanol–water partition coefficient (Wildman–Crippen LogP) is 10.1. The number of halogens is 1. The van der Waals surface area contributed by atoms with E-state index in [0.717, 1.165) is 39.0 Å². The highest BCUT2D eigenvalue weighted by Crippen LogP contribution is 2.42. The van der Waals surface area contributed by atoms with Crippen molar-refractivity contribution in [3.05, 3.63) is 114 Å². The minimum absolute atomic E-state index is 0.630. The van der Waals surface area contributed by atoms with Crippen LogP contribution in [0.2, 0.25) is 5.02 Å². The molecule has 0 unspecified atom stereocenters. The summed E-state index contributed by atoms with van der Waals surface area (Å²) in [5.41, 5.74) is 4.85. The Morgan fingerprint density at radius 3 is 2.15 bits per heavy atom. The molecule has 162 valence electrons. The van der Waals surface area contributed by atoms with Crippen molar-refractivity contribution in [1.29, 1.82) is 0 Å². The third kappa shape index (κ3) is 3.02. The number of fused-ring (bicyclic) bond motifs is 6. The Morgan fingerprint density at radius 2 is 1.26 bits per heavy atom. The topological polar surface area (TPSA) is 16.4 Å². The molecule has 0 radical (unpaired) electrons. The SMILES string of the molecule is Clc1cccc2c1oc1ccc(N(c3ccccc3)c3ccc4sc5ccccc5c4c3)cc12. The van der Waals surface area contributed by atoms with Crippen molar-refractivity contribution in [2.75, 3.05) is 4.90 Å². The van der Waals surface area contributed by atoms with E-state index in [9.17, 15) is 0 Å². The van der Waals surface area contributed by atoms with Gasteiger partial charge in [0.05, 0.1) is 5.02 Å². The smallest absolute Gasteiger partial charge is 0.153 e. The lowest BCUT2D eigenvalue weighted by Crippen LogP contribution is -2.09. The normalized spacial score (nSPS) is 11.7. The molecule has 7 aromatic rings. The molecule has 34 heavy (non-hydrogen) atoms. The van der Waals surface area contributed by atoms with Gasteiger partial charge in [0, 0.05) is 48.0 Å². The fourth-order valence-corrected chi connectivity index (χ4v) is 6.07. The van der Waals surface area contributed by atoms with Gasteiger partial charge in [-0.2, -0.15) is 0 Å². The number of para-hydroxylation sites is 2. The summed E-state index contributed by atoms with van der Waals surface area (Å²) in [4.78, 5) is 2.30. The Labute approximate surface area is 205 Å². The Kier molecular flexibility index (Phi) is 4.41. The van der Waals surface area contributed by atoms with Crippen LogP contribution in [0.15, 0.2) is 114 Å². The minimum atomic E-state index is 0.630. The van der Waals surface area contributed by atoms with E-state index in [2.05, 4.69) is 89.8 Å². The van der Waals surface area contributed by atoms with Crippen molar-refractivity contribution in [2.24, 2.45) is 0 Å². The highest BCUT2D eigenvalue weighted by molar-refractivity contribution is 7.25. The first kappa shape index (κ1) is 19.7. The monoisotopic (exact) mass is 475 g/mol. The third-order valence-corrected chi connectivity index (χ3v) is 7.77. The van der Waals surface area contributed by atoms with Gasteiger partial charge in [-0.15, -0.1) is 11.3 Å². The molecule has 5 aromatic carbocycles. The molecular formula is C30H18ClNOS. The fraction of sp³-hybridized carbons (Fsp3) is 0. The lowest BCUT2D eigenvalue weighted by Gasteiger charge is -2.25. The number of rotatable bonds is 3. The molecule has 0 bridgehead atoms. The summed E-state index contributed by atoms with van der Waals surface area (Å²) >= 11 is 8.25. The van der Waals surface area contributed by atoms with E-state index in [4.69, 9.17) is 16.0 Å². The van der Waals surface area contributed by atoms with Crippen molar-refractivity contribution in [3.63, 3.8) is 0 Å². The number of benzene rings is 5. The summed E-state index contributed by atoms with van der Waals surface area (Å²) in [6.07, 6.45) is 0.